The number of carboxylic acids is 1. The maximum atomic E-state index is 12.1. The summed E-state index contributed by atoms with van der Waals surface area (Å²) in [7, 11) is 0. The summed E-state index contributed by atoms with van der Waals surface area (Å²) in [6.45, 7) is 4.05. The largest absolute Gasteiger partial charge is 0.481 e. The molecule has 0 bridgehead atoms. The van der Waals surface area contributed by atoms with E-state index in [-0.39, 0.29) is 24.8 Å². The van der Waals surface area contributed by atoms with Gasteiger partial charge in [-0.1, -0.05) is 20.3 Å². The van der Waals surface area contributed by atoms with Crippen molar-refractivity contribution >= 4 is 34.1 Å². The molecule has 0 aliphatic carbocycles. The predicted octanol–water partition coefficient (Wildman–Crippen LogP) is 2.64. The fourth-order valence-corrected chi connectivity index (χ4v) is 2.79. The Bertz CT molecular complexity index is 540. The molecule has 0 aliphatic heterocycles. The fourth-order valence-electron chi connectivity index (χ4n) is 1.78. The molecule has 22 heavy (non-hydrogen) atoms. The van der Waals surface area contributed by atoms with Crippen LogP contribution in [0.4, 0.5) is 5.00 Å². The van der Waals surface area contributed by atoms with Crippen LogP contribution in [0.3, 0.4) is 0 Å². The van der Waals surface area contributed by atoms with E-state index in [0.717, 1.165) is 24.1 Å². The van der Waals surface area contributed by atoms with Crippen molar-refractivity contribution in [1.82, 2.24) is 5.32 Å². The van der Waals surface area contributed by atoms with E-state index in [9.17, 15) is 14.4 Å². The van der Waals surface area contributed by atoms with Gasteiger partial charge >= 0.3 is 5.97 Å². The van der Waals surface area contributed by atoms with Crippen LogP contribution in [0, 0.1) is 0 Å². The molecule has 122 valence electrons. The van der Waals surface area contributed by atoms with Crippen LogP contribution in [0.2, 0.25) is 0 Å². The smallest absolute Gasteiger partial charge is 0.305 e. The molecule has 1 rings (SSSR count). The van der Waals surface area contributed by atoms with Crippen molar-refractivity contribution in [1.29, 1.82) is 0 Å². The van der Waals surface area contributed by atoms with Gasteiger partial charge in [-0.05, 0) is 18.9 Å². The summed E-state index contributed by atoms with van der Waals surface area (Å²) in [6, 6.07) is 1.75. The van der Waals surface area contributed by atoms with Crippen molar-refractivity contribution in [3.05, 3.63) is 16.5 Å². The fraction of sp³-hybridized carbons (Fsp3) is 0.533. The minimum Gasteiger partial charge on any atom is -0.481 e. The zero-order chi connectivity index (χ0) is 16.5. The molecule has 0 aliphatic rings. The number of aryl methyl sites for hydroxylation is 1. The van der Waals surface area contributed by atoms with Gasteiger partial charge in [-0.2, -0.15) is 0 Å². The molecule has 0 spiro atoms. The average Bonchev–Trinajstić information content (AvgIpc) is 2.87. The normalized spacial score (nSPS) is 10.3. The Morgan fingerprint density at radius 3 is 2.55 bits per heavy atom. The zero-order valence-corrected chi connectivity index (χ0v) is 13.7. The molecule has 3 N–H and O–H groups in total. The molecule has 0 unspecified atom stereocenters. The lowest BCUT2D eigenvalue weighted by Gasteiger charge is -2.06. The van der Waals surface area contributed by atoms with Crippen LogP contribution in [0.15, 0.2) is 6.07 Å². The van der Waals surface area contributed by atoms with E-state index in [2.05, 4.69) is 10.6 Å². The molecule has 7 heteroatoms. The van der Waals surface area contributed by atoms with Gasteiger partial charge in [0.05, 0.1) is 12.0 Å². The number of aliphatic carboxylic acids is 1. The maximum Gasteiger partial charge on any atom is 0.305 e. The molecule has 0 saturated carbocycles. The van der Waals surface area contributed by atoms with Crippen LogP contribution in [0.25, 0.3) is 0 Å². The lowest BCUT2D eigenvalue weighted by molar-refractivity contribution is -0.136. The highest BCUT2D eigenvalue weighted by Crippen LogP contribution is 2.28. The maximum absolute atomic E-state index is 12.1. The minimum absolute atomic E-state index is 0.0642. The number of hydrogen-bond acceptors (Lipinski definition) is 4. The number of anilines is 1. The van der Waals surface area contributed by atoms with Gasteiger partial charge < -0.3 is 15.7 Å². The standard InChI is InChI=1S/C15H22N2O4S/c1-3-5-6-12(18)17-15-11(9-10(4-2)22-15)14(21)16-8-7-13(19)20/h9H,3-8H2,1-2H3,(H,16,21)(H,17,18)(H,19,20). The Kier molecular flexibility index (Phi) is 7.59. The van der Waals surface area contributed by atoms with Gasteiger partial charge in [0.1, 0.15) is 5.00 Å². The Hall–Kier alpha value is -1.89. The van der Waals surface area contributed by atoms with Gasteiger partial charge in [-0.25, -0.2) is 0 Å². The summed E-state index contributed by atoms with van der Waals surface area (Å²) in [4.78, 5) is 35.4. The first-order valence-electron chi connectivity index (χ1n) is 7.40. The van der Waals surface area contributed by atoms with Gasteiger partial charge in [0.25, 0.3) is 5.91 Å². The van der Waals surface area contributed by atoms with Crippen LogP contribution in [-0.4, -0.2) is 29.4 Å². The van der Waals surface area contributed by atoms with Gasteiger partial charge in [0.2, 0.25) is 5.91 Å². The third-order valence-corrected chi connectivity index (χ3v) is 4.21. The van der Waals surface area contributed by atoms with Gasteiger partial charge in [-0.3, -0.25) is 14.4 Å². The molecule has 1 heterocycles. The molecule has 0 fully saturated rings. The zero-order valence-electron chi connectivity index (χ0n) is 12.9. The number of amides is 2. The second-order valence-corrected chi connectivity index (χ2v) is 6.00. The topological polar surface area (TPSA) is 95.5 Å². The summed E-state index contributed by atoms with van der Waals surface area (Å²) in [5.41, 5.74) is 0.400. The number of rotatable bonds is 9. The highest BCUT2D eigenvalue weighted by atomic mass is 32.1. The van der Waals surface area contributed by atoms with E-state index >= 15 is 0 Å². The molecular weight excluding hydrogens is 304 g/mol. The molecule has 1 aromatic rings. The highest BCUT2D eigenvalue weighted by molar-refractivity contribution is 7.16. The molecular formula is C15H22N2O4S. The lowest BCUT2D eigenvalue weighted by atomic mass is 10.2. The molecule has 0 atom stereocenters. The third-order valence-electron chi connectivity index (χ3n) is 3.01. The lowest BCUT2D eigenvalue weighted by Crippen LogP contribution is -2.26. The minimum atomic E-state index is -0.965. The van der Waals surface area contributed by atoms with Crippen molar-refractivity contribution in [3.63, 3.8) is 0 Å². The van der Waals surface area contributed by atoms with E-state index in [1.165, 1.54) is 11.3 Å². The Balaban J connectivity index is 2.75. The van der Waals surface area contributed by atoms with Gasteiger partial charge in [0.15, 0.2) is 0 Å². The SMILES string of the molecule is CCCCC(=O)Nc1sc(CC)cc1C(=O)NCCC(=O)O. The summed E-state index contributed by atoms with van der Waals surface area (Å²) in [5.74, 6) is -1.43. The first kappa shape index (κ1) is 18.2. The first-order chi connectivity index (χ1) is 10.5. The van der Waals surface area contributed by atoms with Crippen LogP contribution in [-0.2, 0) is 16.0 Å². The number of thiophene rings is 1. The Morgan fingerprint density at radius 2 is 1.95 bits per heavy atom. The Morgan fingerprint density at radius 1 is 1.23 bits per heavy atom. The van der Waals surface area contributed by atoms with Crippen molar-refractivity contribution in [2.75, 3.05) is 11.9 Å². The van der Waals surface area contributed by atoms with E-state index in [1.807, 2.05) is 13.8 Å². The van der Waals surface area contributed by atoms with Gasteiger partial charge in [0, 0.05) is 17.8 Å². The number of carboxylic acid groups (broad SMARTS) is 1. The van der Waals surface area contributed by atoms with Crippen LogP contribution in [0.5, 0.6) is 0 Å². The molecule has 2 amide bonds. The summed E-state index contributed by atoms with van der Waals surface area (Å²) in [5, 5.41) is 14.5. The summed E-state index contributed by atoms with van der Waals surface area (Å²) in [6.07, 6.45) is 2.80. The Labute approximate surface area is 133 Å². The quantitative estimate of drug-likeness (QED) is 0.650. The van der Waals surface area contributed by atoms with Gasteiger partial charge in [-0.15, -0.1) is 11.3 Å². The molecule has 1 aromatic heterocycles. The average molecular weight is 326 g/mol. The molecule has 0 radical (unpaired) electrons. The number of carbonyl (C=O) groups excluding carboxylic acids is 2. The van der Waals surface area contributed by atoms with Crippen LogP contribution >= 0.6 is 11.3 Å². The number of hydrogen-bond donors (Lipinski definition) is 3. The molecule has 0 saturated heterocycles. The second-order valence-electron chi connectivity index (χ2n) is 4.86. The highest BCUT2D eigenvalue weighted by Gasteiger charge is 2.17. The van der Waals surface area contributed by atoms with Crippen molar-refractivity contribution < 1.29 is 19.5 Å². The summed E-state index contributed by atoms with van der Waals surface area (Å²) < 4.78 is 0. The van der Waals surface area contributed by atoms with Crippen molar-refractivity contribution in [2.45, 2.75) is 46.0 Å². The first-order valence-corrected chi connectivity index (χ1v) is 8.22. The van der Waals surface area contributed by atoms with Crippen LogP contribution < -0.4 is 10.6 Å². The summed E-state index contributed by atoms with van der Waals surface area (Å²) >= 11 is 1.38. The number of nitrogens with one attached hydrogen (secondary N) is 2. The van der Waals surface area contributed by atoms with Crippen molar-refractivity contribution in [3.8, 4) is 0 Å². The molecule has 0 aromatic carbocycles. The van der Waals surface area contributed by atoms with E-state index < -0.39 is 5.97 Å². The van der Waals surface area contributed by atoms with E-state index in [1.54, 1.807) is 6.07 Å². The second kappa shape index (κ2) is 9.19. The van der Waals surface area contributed by atoms with Crippen LogP contribution in [0.1, 0.15) is 54.8 Å². The van der Waals surface area contributed by atoms with Crippen molar-refractivity contribution in [2.24, 2.45) is 0 Å². The predicted molar refractivity (Wildman–Crippen MR) is 86.4 cm³/mol. The third kappa shape index (κ3) is 5.85. The molecule has 6 nitrogen and oxygen atoms in total. The van der Waals surface area contributed by atoms with E-state index in [0.29, 0.717) is 17.0 Å². The van der Waals surface area contributed by atoms with E-state index in [4.69, 9.17) is 5.11 Å². The number of carbonyl (C=O) groups is 3. The monoisotopic (exact) mass is 326 g/mol. The number of unbranched alkanes of at least 4 members (excludes halogenated alkanes) is 1.